The number of fused-ring (bicyclic) bond motifs is 6. The third-order valence-electron chi connectivity index (χ3n) is 5.04. The third-order valence-corrected chi connectivity index (χ3v) is 5.04. The van der Waals surface area contributed by atoms with E-state index in [4.69, 9.17) is 0 Å². The lowest BCUT2D eigenvalue weighted by atomic mass is 9.65. The molecule has 0 N–H and O–H groups in total. The first-order valence-corrected chi connectivity index (χ1v) is 6.59. The van der Waals surface area contributed by atoms with Gasteiger partial charge in [0.05, 0.1) is 5.56 Å². The van der Waals surface area contributed by atoms with Gasteiger partial charge in [-0.1, -0.05) is 31.2 Å². The maximum Gasteiger partial charge on any atom is 0.170 e. The first-order chi connectivity index (χ1) is 9.03. The van der Waals surface area contributed by atoms with Crippen molar-refractivity contribution in [3.05, 3.63) is 47.3 Å². The fourth-order valence-electron chi connectivity index (χ4n) is 4.24. The molecule has 4 rings (SSSR count). The van der Waals surface area contributed by atoms with Crippen molar-refractivity contribution >= 4 is 11.6 Å². The molecule has 19 heavy (non-hydrogen) atoms. The summed E-state index contributed by atoms with van der Waals surface area (Å²) in [5.41, 5.74) is 0.0539. The summed E-state index contributed by atoms with van der Waals surface area (Å²) in [6.07, 6.45) is 4.92. The highest BCUT2D eigenvalue weighted by Gasteiger charge is 2.60. The fraction of sp³-hybridized carbons (Fsp3) is 0.375. The lowest BCUT2D eigenvalue weighted by molar-refractivity contribution is 0.0672. The van der Waals surface area contributed by atoms with Crippen LogP contribution in [0.1, 0.15) is 34.1 Å². The summed E-state index contributed by atoms with van der Waals surface area (Å²) in [6.45, 7) is 2.03. The molecule has 0 aromatic heterocycles. The van der Waals surface area contributed by atoms with Crippen molar-refractivity contribution in [3.8, 4) is 0 Å². The van der Waals surface area contributed by atoms with Crippen molar-refractivity contribution in [2.75, 3.05) is 0 Å². The maximum absolute atomic E-state index is 13.9. The number of hydrogen-bond acceptors (Lipinski definition) is 2. The molecule has 0 amide bonds. The number of halogens is 1. The molecule has 1 aromatic carbocycles. The molecule has 0 radical (unpaired) electrons. The first-order valence-electron chi connectivity index (χ1n) is 6.59. The van der Waals surface area contributed by atoms with E-state index < -0.39 is 5.82 Å². The summed E-state index contributed by atoms with van der Waals surface area (Å²) < 4.78 is 13.9. The molecule has 0 aliphatic heterocycles. The second kappa shape index (κ2) is 3.21. The zero-order valence-electron chi connectivity index (χ0n) is 10.5. The van der Waals surface area contributed by atoms with E-state index in [2.05, 4.69) is 6.08 Å². The van der Waals surface area contributed by atoms with Gasteiger partial charge in [0.25, 0.3) is 0 Å². The van der Waals surface area contributed by atoms with E-state index in [0.717, 1.165) is 6.42 Å². The van der Waals surface area contributed by atoms with Gasteiger partial charge in [0.2, 0.25) is 0 Å². The highest BCUT2D eigenvalue weighted by Crippen LogP contribution is 2.59. The Morgan fingerprint density at radius 1 is 1.26 bits per heavy atom. The van der Waals surface area contributed by atoms with Crippen LogP contribution in [0.4, 0.5) is 4.39 Å². The fourth-order valence-corrected chi connectivity index (χ4v) is 4.24. The van der Waals surface area contributed by atoms with Crippen LogP contribution in [0, 0.1) is 29.0 Å². The maximum atomic E-state index is 13.9. The van der Waals surface area contributed by atoms with E-state index in [0.29, 0.717) is 0 Å². The van der Waals surface area contributed by atoms with Crippen molar-refractivity contribution in [1.82, 2.24) is 0 Å². The molecular formula is C16H13FO2. The Labute approximate surface area is 110 Å². The average Bonchev–Trinajstić information content (AvgIpc) is 2.89. The quantitative estimate of drug-likeness (QED) is 0.669. The molecule has 0 spiro atoms. The van der Waals surface area contributed by atoms with Crippen LogP contribution in [0.25, 0.3) is 0 Å². The molecule has 1 fully saturated rings. The van der Waals surface area contributed by atoms with Crippen molar-refractivity contribution in [1.29, 1.82) is 0 Å². The molecule has 0 saturated heterocycles. The van der Waals surface area contributed by atoms with Gasteiger partial charge in [-0.2, -0.15) is 0 Å². The SMILES string of the molecule is CC12C=CC(C1)C1C(=O)c3c(F)cccc3C(=O)C12. The van der Waals surface area contributed by atoms with E-state index in [-0.39, 0.29) is 45.9 Å². The zero-order valence-corrected chi connectivity index (χ0v) is 10.5. The molecule has 4 atom stereocenters. The Bertz CT molecular complexity index is 661. The van der Waals surface area contributed by atoms with Gasteiger partial charge in [0, 0.05) is 17.4 Å². The van der Waals surface area contributed by atoms with Gasteiger partial charge in [0.1, 0.15) is 5.82 Å². The monoisotopic (exact) mass is 256 g/mol. The highest BCUT2D eigenvalue weighted by atomic mass is 19.1. The Morgan fingerprint density at radius 3 is 2.84 bits per heavy atom. The van der Waals surface area contributed by atoms with E-state index in [1.165, 1.54) is 12.1 Å². The normalized spacial score (nSPS) is 38.5. The summed E-state index contributed by atoms with van der Waals surface area (Å²) in [7, 11) is 0. The summed E-state index contributed by atoms with van der Waals surface area (Å²) in [5.74, 6) is -1.37. The molecule has 3 aliphatic carbocycles. The summed E-state index contributed by atoms with van der Waals surface area (Å²) >= 11 is 0. The summed E-state index contributed by atoms with van der Waals surface area (Å²) in [5, 5.41) is 0. The van der Waals surface area contributed by atoms with Crippen LogP contribution in [0.2, 0.25) is 0 Å². The molecule has 0 heterocycles. The molecule has 4 unspecified atom stereocenters. The molecule has 1 aromatic rings. The molecule has 3 heteroatoms. The summed E-state index contributed by atoms with van der Waals surface area (Å²) in [4.78, 5) is 25.2. The van der Waals surface area contributed by atoms with Gasteiger partial charge in [-0.3, -0.25) is 9.59 Å². The predicted octanol–water partition coefficient (Wildman–Crippen LogP) is 3.03. The number of ketones is 2. The molecule has 3 aliphatic rings. The number of carbonyl (C=O) groups excluding carboxylic acids is 2. The van der Waals surface area contributed by atoms with Crippen LogP contribution in [-0.2, 0) is 0 Å². The van der Waals surface area contributed by atoms with Gasteiger partial charge in [0.15, 0.2) is 11.6 Å². The lowest BCUT2D eigenvalue weighted by Gasteiger charge is -2.35. The number of carbonyl (C=O) groups is 2. The van der Waals surface area contributed by atoms with Crippen molar-refractivity contribution in [3.63, 3.8) is 0 Å². The molecule has 2 bridgehead atoms. The van der Waals surface area contributed by atoms with Crippen molar-refractivity contribution in [2.45, 2.75) is 13.3 Å². The largest absolute Gasteiger partial charge is 0.294 e. The van der Waals surface area contributed by atoms with Crippen LogP contribution in [0.15, 0.2) is 30.4 Å². The molecular weight excluding hydrogens is 243 g/mol. The van der Waals surface area contributed by atoms with Gasteiger partial charge < -0.3 is 0 Å². The lowest BCUT2D eigenvalue weighted by Crippen LogP contribution is -2.42. The average molecular weight is 256 g/mol. The molecule has 96 valence electrons. The van der Waals surface area contributed by atoms with Crippen LogP contribution in [-0.4, -0.2) is 11.6 Å². The van der Waals surface area contributed by atoms with Crippen molar-refractivity contribution in [2.24, 2.45) is 23.2 Å². The predicted molar refractivity (Wildman–Crippen MR) is 67.4 cm³/mol. The Morgan fingerprint density at radius 2 is 2.05 bits per heavy atom. The van der Waals surface area contributed by atoms with E-state index in [1.54, 1.807) is 6.07 Å². The first kappa shape index (κ1) is 11.1. The Kier molecular flexibility index (Phi) is 1.88. The number of rotatable bonds is 0. The van der Waals surface area contributed by atoms with Gasteiger partial charge in [-0.05, 0) is 23.8 Å². The second-order valence-electron chi connectivity index (χ2n) is 6.13. The zero-order chi connectivity index (χ0) is 13.4. The topological polar surface area (TPSA) is 34.1 Å². The minimum atomic E-state index is -0.564. The number of benzene rings is 1. The summed E-state index contributed by atoms with van der Waals surface area (Å²) in [6, 6.07) is 4.34. The number of hydrogen-bond donors (Lipinski definition) is 0. The van der Waals surface area contributed by atoms with Crippen LogP contribution >= 0.6 is 0 Å². The van der Waals surface area contributed by atoms with Crippen LogP contribution in [0.5, 0.6) is 0 Å². The van der Waals surface area contributed by atoms with E-state index in [9.17, 15) is 14.0 Å². The van der Waals surface area contributed by atoms with Crippen LogP contribution < -0.4 is 0 Å². The second-order valence-corrected chi connectivity index (χ2v) is 6.13. The van der Waals surface area contributed by atoms with Gasteiger partial charge >= 0.3 is 0 Å². The molecule has 2 nitrogen and oxygen atoms in total. The molecule has 1 saturated carbocycles. The number of allylic oxidation sites excluding steroid dienone is 2. The van der Waals surface area contributed by atoms with E-state index >= 15 is 0 Å². The standard InChI is InChI=1S/C16H13FO2/c1-16-6-5-8(7-16)11-13(16)14(18)9-3-2-4-10(17)12(9)15(11)19/h2-6,8,11,13H,7H2,1H3. The smallest absolute Gasteiger partial charge is 0.170 e. The van der Waals surface area contributed by atoms with E-state index in [1.807, 2.05) is 13.0 Å². The van der Waals surface area contributed by atoms with Gasteiger partial charge in [-0.15, -0.1) is 0 Å². The van der Waals surface area contributed by atoms with Crippen LogP contribution in [0.3, 0.4) is 0 Å². The van der Waals surface area contributed by atoms with Crippen molar-refractivity contribution < 1.29 is 14.0 Å². The minimum Gasteiger partial charge on any atom is -0.294 e. The Balaban J connectivity index is 1.98. The van der Waals surface area contributed by atoms with Gasteiger partial charge in [-0.25, -0.2) is 4.39 Å². The Hall–Kier alpha value is -1.77. The minimum absolute atomic E-state index is 0.0123. The number of Topliss-reactive ketones (excluding diaryl/α,β-unsaturated/α-hetero) is 2. The highest BCUT2D eigenvalue weighted by molar-refractivity contribution is 6.17. The third kappa shape index (κ3) is 1.16.